The number of benzene rings is 2. The van der Waals surface area contributed by atoms with Crippen molar-refractivity contribution in [2.75, 3.05) is 5.43 Å². The number of nitrogens with zero attached hydrogens (tertiary/aromatic N) is 2. The lowest BCUT2D eigenvalue weighted by Gasteiger charge is -2.09. The molecule has 7 heteroatoms. The fourth-order valence-electron chi connectivity index (χ4n) is 2.14. The Morgan fingerprint density at radius 3 is 2.71 bits per heavy atom. The van der Waals surface area contributed by atoms with Gasteiger partial charge in [-0.3, -0.25) is 10.4 Å². The normalized spacial score (nSPS) is 12.0. The molecular formula is C17H11ClF3N3. The monoisotopic (exact) mass is 349 g/mol. The Morgan fingerprint density at radius 1 is 1.08 bits per heavy atom. The zero-order valence-electron chi connectivity index (χ0n) is 12.2. The summed E-state index contributed by atoms with van der Waals surface area (Å²) in [7, 11) is 0. The average molecular weight is 350 g/mol. The first-order valence-electron chi connectivity index (χ1n) is 6.94. The fraction of sp³-hybridized carbons (Fsp3) is 0.0588. The second-order valence-electron chi connectivity index (χ2n) is 5.02. The van der Waals surface area contributed by atoms with Crippen LogP contribution in [-0.2, 0) is 6.18 Å². The molecule has 0 aliphatic rings. The second kappa shape index (κ2) is 6.49. The number of fused-ring (bicyclic) bond motifs is 1. The molecule has 0 fully saturated rings. The van der Waals surface area contributed by atoms with Gasteiger partial charge in [0.2, 0.25) is 0 Å². The van der Waals surface area contributed by atoms with Gasteiger partial charge < -0.3 is 0 Å². The third-order valence-corrected chi connectivity index (χ3v) is 3.65. The summed E-state index contributed by atoms with van der Waals surface area (Å²) in [4.78, 5) is 4.21. The summed E-state index contributed by atoms with van der Waals surface area (Å²) >= 11 is 5.89. The molecule has 0 spiro atoms. The third kappa shape index (κ3) is 3.65. The predicted octanol–water partition coefficient (Wildman–Crippen LogP) is 5.35. The van der Waals surface area contributed by atoms with E-state index in [2.05, 4.69) is 15.5 Å². The topological polar surface area (TPSA) is 37.3 Å². The first-order chi connectivity index (χ1) is 11.4. The zero-order chi connectivity index (χ0) is 17.2. The first-order valence-corrected chi connectivity index (χ1v) is 7.32. The van der Waals surface area contributed by atoms with E-state index in [1.54, 1.807) is 6.20 Å². The standard InChI is InChI=1S/C17H11ClF3N3/c18-14-5-4-13(17(19,20)21)9-16(14)24-23-10-11-3-6-15-12(8-11)2-1-7-22-15/h1-10,24H/b23-10+. The molecule has 1 aromatic heterocycles. The Bertz CT molecular complexity index is 907. The molecule has 3 aromatic rings. The van der Waals surface area contributed by atoms with Gasteiger partial charge in [0, 0.05) is 11.6 Å². The quantitative estimate of drug-likeness (QED) is 0.511. The van der Waals surface area contributed by atoms with Crippen molar-refractivity contribution in [1.82, 2.24) is 4.98 Å². The summed E-state index contributed by atoms with van der Waals surface area (Å²) in [5.41, 5.74) is 3.48. The molecule has 3 nitrogen and oxygen atoms in total. The highest BCUT2D eigenvalue weighted by molar-refractivity contribution is 6.33. The van der Waals surface area contributed by atoms with Gasteiger partial charge in [-0.1, -0.05) is 23.7 Å². The smallest absolute Gasteiger partial charge is 0.277 e. The molecule has 0 aliphatic carbocycles. The van der Waals surface area contributed by atoms with E-state index in [1.807, 2.05) is 30.3 Å². The van der Waals surface area contributed by atoms with Crippen LogP contribution in [0.15, 0.2) is 59.8 Å². The van der Waals surface area contributed by atoms with Gasteiger partial charge in [-0.15, -0.1) is 0 Å². The Balaban J connectivity index is 1.80. The Hall–Kier alpha value is -2.60. The van der Waals surface area contributed by atoms with Crippen molar-refractivity contribution in [2.45, 2.75) is 6.18 Å². The Morgan fingerprint density at radius 2 is 1.92 bits per heavy atom. The van der Waals surface area contributed by atoms with Crippen LogP contribution in [0.5, 0.6) is 0 Å². The molecule has 0 aliphatic heterocycles. The number of pyridine rings is 1. The number of halogens is 4. The third-order valence-electron chi connectivity index (χ3n) is 3.32. The summed E-state index contributed by atoms with van der Waals surface area (Å²) in [6.07, 6.45) is -1.23. The highest BCUT2D eigenvalue weighted by Crippen LogP contribution is 2.33. The number of anilines is 1. The zero-order valence-corrected chi connectivity index (χ0v) is 12.9. The van der Waals surface area contributed by atoms with E-state index in [4.69, 9.17) is 11.6 Å². The molecule has 3 rings (SSSR count). The van der Waals surface area contributed by atoms with Gasteiger partial charge in [-0.2, -0.15) is 18.3 Å². The van der Waals surface area contributed by atoms with Crippen LogP contribution in [0.25, 0.3) is 10.9 Å². The van der Waals surface area contributed by atoms with E-state index in [-0.39, 0.29) is 10.7 Å². The molecule has 0 atom stereocenters. The number of rotatable bonds is 3. The number of aromatic nitrogens is 1. The molecule has 0 saturated heterocycles. The van der Waals surface area contributed by atoms with E-state index < -0.39 is 11.7 Å². The minimum Gasteiger partial charge on any atom is -0.277 e. The van der Waals surface area contributed by atoms with E-state index in [0.717, 1.165) is 28.6 Å². The summed E-state index contributed by atoms with van der Waals surface area (Å²) in [5.74, 6) is 0. The molecule has 1 N–H and O–H groups in total. The molecule has 0 radical (unpaired) electrons. The van der Waals surface area contributed by atoms with E-state index >= 15 is 0 Å². The molecule has 2 aromatic carbocycles. The lowest BCUT2D eigenvalue weighted by Crippen LogP contribution is -2.05. The maximum atomic E-state index is 12.7. The summed E-state index contributed by atoms with van der Waals surface area (Å²) < 4.78 is 38.2. The maximum absolute atomic E-state index is 12.7. The number of alkyl halides is 3. The molecular weight excluding hydrogens is 339 g/mol. The van der Waals surface area contributed by atoms with Crippen LogP contribution < -0.4 is 5.43 Å². The molecule has 0 amide bonds. The summed E-state index contributed by atoms with van der Waals surface area (Å²) in [5, 5.41) is 5.05. The maximum Gasteiger partial charge on any atom is 0.416 e. The van der Waals surface area contributed by atoms with E-state index in [1.165, 1.54) is 12.3 Å². The van der Waals surface area contributed by atoms with Gasteiger partial charge in [-0.05, 0) is 42.0 Å². The fourth-order valence-corrected chi connectivity index (χ4v) is 2.30. The largest absolute Gasteiger partial charge is 0.416 e. The molecule has 1 heterocycles. The minimum absolute atomic E-state index is 0.0881. The minimum atomic E-state index is -4.43. The van der Waals surface area contributed by atoms with Crippen LogP contribution in [0.1, 0.15) is 11.1 Å². The van der Waals surface area contributed by atoms with Crippen molar-refractivity contribution in [3.05, 3.63) is 70.9 Å². The van der Waals surface area contributed by atoms with Gasteiger partial charge in [0.25, 0.3) is 0 Å². The van der Waals surface area contributed by atoms with Crippen LogP contribution in [0, 0.1) is 0 Å². The molecule has 24 heavy (non-hydrogen) atoms. The number of hydrogen-bond donors (Lipinski definition) is 1. The molecule has 0 bridgehead atoms. The lowest BCUT2D eigenvalue weighted by atomic mass is 10.1. The number of nitrogens with one attached hydrogen (secondary N) is 1. The average Bonchev–Trinajstić information content (AvgIpc) is 2.55. The van der Waals surface area contributed by atoms with Crippen LogP contribution in [0.2, 0.25) is 5.02 Å². The highest BCUT2D eigenvalue weighted by Gasteiger charge is 2.30. The van der Waals surface area contributed by atoms with Crippen LogP contribution >= 0.6 is 11.6 Å². The molecule has 0 unspecified atom stereocenters. The van der Waals surface area contributed by atoms with Gasteiger partial charge >= 0.3 is 6.18 Å². The van der Waals surface area contributed by atoms with Gasteiger partial charge in [-0.25, -0.2) is 0 Å². The molecule has 0 saturated carbocycles. The van der Waals surface area contributed by atoms with Crippen molar-refractivity contribution in [3.63, 3.8) is 0 Å². The van der Waals surface area contributed by atoms with Crippen LogP contribution in [0.4, 0.5) is 18.9 Å². The van der Waals surface area contributed by atoms with Crippen molar-refractivity contribution in [2.24, 2.45) is 5.10 Å². The van der Waals surface area contributed by atoms with Crippen molar-refractivity contribution in [1.29, 1.82) is 0 Å². The number of hydrazone groups is 1. The SMILES string of the molecule is FC(F)(F)c1ccc(Cl)c(N/N=C/c2ccc3ncccc3c2)c1. The lowest BCUT2D eigenvalue weighted by molar-refractivity contribution is -0.137. The predicted molar refractivity (Wildman–Crippen MR) is 89.4 cm³/mol. The summed E-state index contributed by atoms with van der Waals surface area (Å²) in [6.45, 7) is 0. The van der Waals surface area contributed by atoms with Crippen LogP contribution in [-0.4, -0.2) is 11.2 Å². The van der Waals surface area contributed by atoms with Gasteiger partial charge in [0.05, 0.1) is 28.0 Å². The van der Waals surface area contributed by atoms with E-state index in [0.29, 0.717) is 0 Å². The van der Waals surface area contributed by atoms with Gasteiger partial charge in [0.15, 0.2) is 0 Å². The van der Waals surface area contributed by atoms with Crippen molar-refractivity contribution < 1.29 is 13.2 Å². The highest BCUT2D eigenvalue weighted by atomic mass is 35.5. The molecule has 122 valence electrons. The van der Waals surface area contributed by atoms with Gasteiger partial charge in [0.1, 0.15) is 0 Å². The van der Waals surface area contributed by atoms with Crippen molar-refractivity contribution >= 4 is 34.4 Å². The van der Waals surface area contributed by atoms with Crippen LogP contribution in [0.3, 0.4) is 0 Å². The summed E-state index contributed by atoms with van der Waals surface area (Å²) in [6, 6.07) is 12.3. The number of hydrogen-bond acceptors (Lipinski definition) is 3. The second-order valence-corrected chi connectivity index (χ2v) is 5.43. The Kier molecular flexibility index (Phi) is 4.40. The van der Waals surface area contributed by atoms with Crippen molar-refractivity contribution in [3.8, 4) is 0 Å². The first kappa shape index (κ1) is 16.3. The Labute approximate surface area is 140 Å². The van der Waals surface area contributed by atoms with E-state index in [9.17, 15) is 13.2 Å².